The largest absolute Gasteiger partial charge is 0.459 e. The molecule has 1 amide bonds. The van der Waals surface area contributed by atoms with Gasteiger partial charge in [0.25, 0.3) is 5.91 Å². The van der Waals surface area contributed by atoms with E-state index in [1.54, 1.807) is 12.1 Å². The predicted molar refractivity (Wildman–Crippen MR) is 55.5 cm³/mol. The fraction of sp³-hybridized carbons (Fsp3) is 0.500. The third kappa shape index (κ3) is 2.77. The summed E-state index contributed by atoms with van der Waals surface area (Å²) < 4.78 is 4.96. The maximum atomic E-state index is 11.5. The third-order valence-corrected chi connectivity index (χ3v) is 2.69. The summed E-state index contributed by atoms with van der Waals surface area (Å²) in [6.07, 6.45) is 1.48. The number of hydrogen-bond donors (Lipinski definition) is 1. The second-order valence-corrected chi connectivity index (χ2v) is 3.68. The maximum Gasteiger partial charge on any atom is 0.287 e. The fourth-order valence-corrected chi connectivity index (χ4v) is 1.23. The lowest BCUT2D eigenvalue weighted by atomic mass is 10.1. The minimum atomic E-state index is -0.195. The molecule has 0 spiro atoms. The molecule has 2 unspecified atom stereocenters. The molecule has 0 saturated heterocycles. The number of alkyl halides is 1. The van der Waals surface area contributed by atoms with Gasteiger partial charge in [0.15, 0.2) is 5.76 Å². The lowest BCUT2D eigenvalue weighted by molar-refractivity contribution is 0.0903. The Morgan fingerprint density at radius 1 is 1.64 bits per heavy atom. The number of furan rings is 1. The van der Waals surface area contributed by atoms with Crippen LogP contribution in [0.3, 0.4) is 0 Å². The summed E-state index contributed by atoms with van der Waals surface area (Å²) in [5, 5.41) is 2.82. The summed E-state index contributed by atoms with van der Waals surface area (Å²) in [7, 11) is 0. The van der Waals surface area contributed by atoms with E-state index in [1.807, 2.05) is 13.8 Å². The Balaban J connectivity index is 2.49. The van der Waals surface area contributed by atoms with Gasteiger partial charge in [0.2, 0.25) is 0 Å². The van der Waals surface area contributed by atoms with E-state index < -0.39 is 0 Å². The number of amides is 1. The summed E-state index contributed by atoms with van der Waals surface area (Å²) in [5.41, 5.74) is 0. The van der Waals surface area contributed by atoms with Gasteiger partial charge in [0.1, 0.15) is 0 Å². The van der Waals surface area contributed by atoms with E-state index in [0.29, 0.717) is 11.6 Å². The van der Waals surface area contributed by atoms with Gasteiger partial charge in [-0.3, -0.25) is 4.79 Å². The summed E-state index contributed by atoms with van der Waals surface area (Å²) in [4.78, 5) is 11.5. The van der Waals surface area contributed by atoms with Crippen LogP contribution in [0.1, 0.15) is 24.4 Å². The minimum absolute atomic E-state index is 0.0464. The van der Waals surface area contributed by atoms with Crippen molar-refractivity contribution in [2.75, 3.05) is 5.88 Å². The van der Waals surface area contributed by atoms with Gasteiger partial charge in [0.05, 0.1) is 6.26 Å². The van der Waals surface area contributed by atoms with Crippen molar-refractivity contribution in [3.63, 3.8) is 0 Å². The van der Waals surface area contributed by atoms with Crippen LogP contribution in [0.25, 0.3) is 0 Å². The van der Waals surface area contributed by atoms with Gasteiger partial charge in [-0.25, -0.2) is 0 Å². The summed E-state index contributed by atoms with van der Waals surface area (Å²) >= 11 is 5.68. The first-order chi connectivity index (χ1) is 6.65. The van der Waals surface area contributed by atoms with E-state index in [-0.39, 0.29) is 17.9 Å². The number of hydrogen-bond acceptors (Lipinski definition) is 2. The summed E-state index contributed by atoms with van der Waals surface area (Å²) in [6.45, 7) is 3.91. The molecule has 0 aromatic carbocycles. The van der Waals surface area contributed by atoms with Crippen LogP contribution in [0.5, 0.6) is 0 Å². The number of rotatable bonds is 4. The number of halogens is 1. The molecule has 1 heterocycles. The molecular weight excluding hydrogens is 202 g/mol. The van der Waals surface area contributed by atoms with Crippen LogP contribution in [0.15, 0.2) is 22.8 Å². The Labute approximate surface area is 88.4 Å². The third-order valence-electron chi connectivity index (χ3n) is 2.20. The highest BCUT2D eigenvalue weighted by Gasteiger charge is 2.16. The lowest BCUT2D eigenvalue weighted by Gasteiger charge is -2.18. The van der Waals surface area contributed by atoms with E-state index in [1.165, 1.54) is 6.26 Å². The Hall–Kier alpha value is -0.960. The van der Waals surface area contributed by atoms with E-state index >= 15 is 0 Å². The molecule has 1 rings (SSSR count). The first-order valence-corrected chi connectivity index (χ1v) is 5.09. The molecule has 14 heavy (non-hydrogen) atoms. The Morgan fingerprint density at radius 3 is 2.86 bits per heavy atom. The lowest BCUT2D eigenvalue weighted by Crippen LogP contribution is -2.37. The van der Waals surface area contributed by atoms with Crippen LogP contribution < -0.4 is 5.32 Å². The second-order valence-electron chi connectivity index (χ2n) is 3.37. The van der Waals surface area contributed by atoms with Crippen molar-refractivity contribution in [1.82, 2.24) is 5.32 Å². The van der Waals surface area contributed by atoms with Crippen LogP contribution >= 0.6 is 11.6 Å². The van der Waals surface area contributed by atoms with Gasteiger partial charge < -0.3 is 9.73 Å². The second kappa shape index (κ2) is 5.05. The zero-order chi connectivity index (χ0) is 10.6. The van der Waals surface area contributed by atoms with Crippen molar-refractivity contribution in [3.8, 4) is 0 Å². The van der Waals surface area contributed by atoms with Crippen molar-refractivity contribution in [2.24, 2.45) is 5.92 Å². The monoisotopic (exact) mass is 215 g/mol. The minimum Gasteiger partial charge on any atom is -0.459 e. The first kappa shape index (κ1) is 11.1. The Bertz CT molecular complexity index is 284. The van der Waals surface area contributed by atoms with Crippen molar-refractivity contribution in [2.45, 2.75) is 19.9 Å². The van der Waals surface area contributed by atoms with Crippen LogP contribution in [0, 0.1) is 5.92 Å². The number of carbonyl (C=O) groups is 1. The Kier molecular flexibility index (Phi) is 4.01. The van der Waals surface area contributed by atoms with Crippen molar-refractivity contribution in [3.05, 3.63) is 24.2 Å². The molecule has 0 radical (unpaired) electrons. The van der Waals surface area contributed by atoms with Gasteiger partial charge >= 0.3 is 0 Å². The van der Waals surface area contributed by atoms with E-state index in [2.05, 4.69) is 5.32 Å². The fourth-order valence-electron chi connectivity index (χ4n) is 0.962. The number of carbonyl (C=O) groups excluding carboxylic acids is 1. The molecule has 3 nitrogen and oxygen atoms in total. The van der Waals surface area contributed by atoms with Gasteiger partial charge in [-0.05, 0) is 25.0 Å². The molecule has 0 bridgehead atoms. The van der Waals surface area contributed by atoms with E-state index in [9.17, 15) is 4.79 Å². The summed E-state index contributed by atoms with van der Waals surface area (Å²) in [5.74, 6) is 0.910. The van der Waals surface area contributed by atoms with Crippen molar-refractivity contribution < 1.29 is 9.21 Å². The van der Waals surface area contributed by atoms with Crippen molar-refractivity contribution in [1.29, 1.82) is 0 Å². The molecule has 0 saturated carbocycles. The predicted octanol–water partition coefficient (Wildman–Crippen LogP) is 2.27. The van der Waals surface area contributed by atoms with Gasteiger partial charge in [0, 0.05) is 11.9 Å². The average molecular weight is 216 g/mol. The normalized spacial score (nSPS) is 14.8. The molecule has 2 atom stereocenters. The van der Waals surface area contributed by atoms with E-state index in [0.717, 1.165) is 0 Å². The molecule has 78 valence electrons. The van der Waals surface area contributed by atoms with Crippen LogP contribution in [0.2, 0.25) is 0 Å². The SMILES string of the molecule is CC(CCl)C(C)NC(=O)c1ccco1. The van der Waals surface area contributed by atoms with Gasteiger partial charge in [-0.2, -0.15) is 0 Å². The molecule has 0 aliphatic heterocycles. The van der Waals surface area contributed by atoms with E-state index in [4.69, 9.17) is 16.0 Å². The topological polar surface area (TPSA) is 42.2 Å². The van der Waals surface area contributed by atoms with Crippen LogP contribution in [0.4, 0.5) is 0 Å². The molecule has 0 aliphatic rings. The smallest absolute Gasteiger partial charge is 0.287 e. The highest BCUT2D eigenvalue weighted by Crippen LogP contribution is 2.06. The van der Waals surface area contributed by atoms with Crippen LogP contribution in [-0.2, 0) is 0 Å². The quantitative estimate of drug-likeness (QED) is 0.783. The Morgan fingerprint density at radius 2 is 2.36 bits per heavy atom. The van der Waals surface area contributed by atoms with Crippen molar-refractivity contribution >= 4 is 17.5 Å². The van der Waals surface area contributed by atoms with Gasteiger partial charge in [-0.15, -0.1) is 11.6 Å². The molecular formula is C10H14ClNO2. The molecule has 0 fully saturated rings. The zero-order valence-corrected chi connectivity index (χ0v) is 9.04. The summed E-state index contributed by atoms with van der Waals surface area (Å²) in [6, 6.07) is 3.36. The zero-order valence-electron chi connectivity index (χ0n) is 8.29. The first-order valence-electron chi connectivity index (χ1n) is 4.55. The highest BCUT2D eigenvalue weighted by molar-refractivity contribution is 6.18. The number of nitrogens with one attached hydrogen (secondary N) is 1. The van der Waals surface area contributed by atoms with Gasteiger partial charge in [-0.1, -0.05) is 6.92 Å². The standard InChI is InChI=1S/C10H14ClNO2/c1-7(6-11)8(2)12-10(13)9-4-3-5-14-9/h3-5,7-8H,6H2,1-2H3,(H,12,13). The maximum absolute atomic E-state index is 11.5. The molecule has 0 aliphatic carbocycles. The average Bonchev–Trinajstić information content (AvgIpc) is 2.69. The highest BCUT2D eigenvalue weighted by atomic mass is 35.5. The molecule has 1 N–H and O–H groups in total. The molecule has 1 aromatic heterocycles. The molecule has 4 heteroatoms. The molecule has 1 aromatic rings. The van der Waals surface area contributed by atoms with Crippen LogP contribution in [-0.4, -0.2) is 17.8 Å².